The van der Waals surface area contributed by atoms with Gasteiger partial charge in [0.1, 0.15) is 5.54 Å². The summed E-state index contributed by atoms with van der Waals surface area (Å²) in [5.41, 5.74) is 5.43. The molecule has 2 N–H and O–H groups in total. The Hall–Kier alpha value is -0.590. The first-order chi connectivity index (χ1) is 7.72. The summed E-state index contributed by atoms with van der Waals surface area (Å²) >= 11 is 0. The van der Waals surface area contributed by atoms with Crippen LogP contribution >= 0.6 is 0 Å². The lowest BCUT2D eigenvalue weighted by Gasteiger charge is -2.37. The van der Waals surface area contributed by atoms with Gasteiger partial charge in [-0.25, -0.2) is 0 Å². The Kier molecular flexibility index (Phi) is 3.83. The van der Waals surface area contributed by atoms with Gasteiger partial charge in [-0.1, -0.05) is 19.3 Å². The lowest BCUT2D eigenvalue weighted by Crippen LogP contribution is -2.50. The predicted octanol–water partition coefficient (Wildman–Crippen LogP) is 1.88. The molecule has 0 amide bonds. The maximum Gasteiger partial charge on any atom is 0.106 e. The minimum Gasteiger partial charge on any atom is -0.313 e. The molecular formula is C13H23N3. The second-order valence-corrected chi connectivity index (χ2v) is 5.57. The van der Waals surface area contributed by atoms with Gasteiger partial charge in [-0.3, -0.25) is 0 Å². The van der Waals surface area contributed by atoms with E-state index in [0.29, 0.717) is 0 Å². The van der Waals surface area contributed by atoms with Crippen LogP contribution in [0.5, 0.6) is 0 Å². The summed E-state index contributed by atoms with van der Waals surface area (Å²) in [6, 6.07) is 2.26. The van der Waals surface area contributed by atoms with Gasteiger partial charge in [0.2, 0.25) is 0 Å². The highest BCUT2D eigenvalue weighted by Gasteiger charge is 2.31. The number of hydrogen-bond acceptors (Lipinski definition) is 3. The van der Waals surface area contributed by atoms with Crippen LogP contribution in [0.1, 0.15) is 44.9 Å². The van der Waals surface area contributed by atoms with E-state index >= 15 is 0 Å². The first-order valence-corrected chi connectivity index (χ1v) is 6.64. The molecule has 0 radical (unpaired) electrons. The molecule has 0 bridgehead atoms. The molecule has 0 atom stereocenters. The summed E-state index contributed by atoms with van der Waals surface area (Å²) in [6.45, 7) is 3.27. The molecule has 1 aliphatic heterocycles. The topological polar surface area (TPSA) is 53.1 Å². The highest BCUT2D eigenvalue weighted by atomic mass is 15.1. The van der Waals surface area contributed by atoms with Crippen molar-refractivity contribution >= 4 is 0 Å². The molecule has 0 aromatic heterocycles. The molecule has 0 aromatic rings. The summed E-state index contributed by atoms with van der Waals surface area (Å²) in [6.07, 6.45) is 8.75. The zero-order valence-electron chi connectivity index (χ0n) is 10.1. The molecular weight excluding hydrogens is 198 g/mol. The predicted molar refractivity (Wildman–Crippen MR) is 64.8 cm³/mol. The fourth-order valence-electron chi connectivity index (χ4n) is 2.98. The Morgan fingerprint density at radius 2 is 1.81 bits per heavy atom. The van der Waals surface area contributed by atoms with E-state index < -0.39 is 5.54 Å². The van der Waals surface area contributed by atoms with Crippen LogP contribution in [0.4, 0.5) is 0 Å². The van der Waals surface area contributed by atoms with Gasteiger partial charge in [0.15, 0.2) is 0 Å². The molecule has 1 aliphatic carbocycles. The zero-order chi connectivity index (χ0) is 11.4. The number of nitrogens with zero attached hydrogens (tertiary/aromatic N) is 2. The maximum absolute atomic E-state index is 8.96. The second-order valence-electron chi connectivity index (χ2n) is 5.57. The number of likely N-dealkylation sites (tertiary alicyclic amines) is 1. The lowest BCUT2D eigenvalue weighted by molar-refractivity contribution is 0.149. The number of rotatable bonds is 2. The Morgan fingerprint density at radius 3 is 2.38 bits per heavy atom. The summed E-state index contributed by atoms with van der Waals surface area (Å²) in [5, 5.41) is 8.96. The van der Waals surface area contributed by atoms with Crippen molar-refractivity contribution in [3.8, 4) is 6.07 Å². The van der Waals surface area contributed by atoms with Gasteiger partial charge >= 0.3 is 0 Å². The molecule has 3 heteroatoms. The SMILES string of the molecule is N#CC1(N)CCN(CC2CCCCC2)CC1. The van der Waals surface area contributed by atoms with Crippen molar-refractivity contribution in [3.63, 3.8) is 0 Å². The van der Waals surface area contributed by atoms with Crippen LogP contribution in [0.15, 0.2) is 0 Å². The smallest absolute Gasteiger partial charge is 0.106 e. The molecule has 0 spiro atoms. The summed E-state index contributed by atoms with van der Waals surface area (Å²) in [5.74, 6) is 0.904. The quantitative estimate of drug-likeness (QED) is 0.774. The third-order valence-corrected chi connectivity index (χ3v) is 4.21. The summed E-state index contributed by atoms with van der Waals surface area (Å²) in [7, 11) is 0. The van der Waals surface area contributed by atoms with Crippen molar-refractivity contribution in [2.24, 2.45) is 11.7 Å². The Morgan fingerprint density at radius 1 is 1.19 bits per heavy atom. The van der Waals surface area contributed by atoms with Gasteiger partial charge in [-0.2, -0.15) is 5.26 Å². The molecule has 90 valence electrons. The number of nitriles is 1. The van der Waals surface area contributed by atoms with Crippen LogP contribution in [0.3, 0.4) is 0 Å². The van der Waals surface area contributed by atoms with Crippen molar-refractivity contribution in [1.82, 2.24) is 4.90 Å². The molecule has 0 aromatic carbocycles. The minimum absolute atomic E-state index is 0.539. The van der Waals surface area contributed by atoms with Gasteiger partial charge in [0, 0.05) is 19.6 Å². The average molecular weight is 221 g/mol. The third-order valence-electron chi connectivity index (χ3n) is 4.21. The van der Waals surface area contributed by atoms with Crippen molar-refractivity contribution in [2.75, 3.05) is 19.6 Å². The van der Waals surface area contributed by atoms with E-state index in [2.05, 4.69) is 11.0 Å². The monoisotopic (exact) mass is 221 g/mol. The van der Waals surface area contributed by atoms with E-state index in [1.54, 1.807) is 0 Å². The molecule has 2 fully saturated rings. The van der Waals surface area contributed by atoms with E-state index in [0.717, 1.165) is 31.8 Å². The normalized spacial score (nSPS) is 27.5. The molecule has 16 heavy (non-hydrogen) atoms. The highest BCUT2D eigenvalue weighted by Crippen LogP contribution is 2.26. The molecule has 1 saturated carbocycles. The number of nitrogens with two attached hydrogens (primary N) is 1. The number of hydrogen-bond donors (Lipinski definition) is 1. The van der Waals surface area contributed by atoms with Crippen LogP contribution in [0, 0.1) is 17.2 Å². The van der Waals surface area contributed by atoms with Crippen molar-refractivity contribution in [2.45, 2.75) is 50.5 Å². The van der Waals surface area contributed by atoms with Gasteiger partial charge in [-0.05, 0) is 31.6 Å². The molecule has 2 aliphatic rings. The van der Waals surface area contributed by atoms with Gasteiger partial charge in [0.05, 0.1) is 6.07 Å². The first-order valence-electron chi connectivity index (χ1n) is 6.64. The average Bonchev–Trinajstić information content (AvgIpc) is 2.34. The van der Waals surface area contributed by atoms with Gasteiger partial charge in [0.25, 0.3) is 0 Å². The van der Waals surface area contributed by atoms with Gasteiger partial charge < -0.3 is 10.6 Å². The Labute approximate surface area is 98.6 Å². The molecule has 1 heterocycles. The Balaban J connectivity index is 1.75. The van der Waals surface area contributed by atoms with Crippen molar-refractivity contribution < 1.29 is 0 Å². The fraction of sp³-hybridized carbons (Fsp3) is 0.923. The third kappa shape index (κ3) is 2.96. The fourth-order valence-corrected chi connectivity index (χ4v) is 2.98. The Bertz CT molecular complexity index is 255. The van der Waals surface area contributed by atoms with E-state index in [-0.39, 0.29) is 0 Å². The van der Waals surface area contributed by atoms with Gasteiger partial charge in [-0.15, -0.1) is 0 Å². The van der Waals surface area contributed by atoms with E-state index in [1.165, 1.54) is 38.6 Å². The van der Waals surface area contributed by atoms with Crippen LogP contribution in [0.25, 0.3) is 0 Å². The lowest BCUT2D eigenvalue weighted by atomic mass is 9.86. The van der Waals surface area contributed by atoms with E-state index in [1.807, 2.05) is 0 Å². The highest BCUT2D eigenvalue weighted by molar-refractivity contribution is 5.07. The molecule has 2 rings (SSSR count). The van der Waals surface area contributed by atoms with Crippen LogP contribution < -0.4 is 5.73 Å². The van der Waals surface area contributed by atoms with Crippen molar-refractivity contribution in [3.05, 3.63) is 0 Å². The van der Waals surface area contributed by atoms with Crippen molar-refractivity contribution in [1.29, 1.82) is 5.26 Å². The second kappa shape index (κ2) is 5.16. The maximum atomic E-state index is 8.96. The summed E-state index contributed by atoms with van der Waals surface area (Å²) < 4.78 is 0. The minimum atomic E-state index is -0.539. The van der Waals surface area contributed by atoms with E-state index in [9.17, 15) is 0 Å². The van der Waals surface area contributed by atoms with E-state index in [4.69, 9.17) is 11.0 Å². The summed E-state index contributed by atoms with van der Waals surface area (Å²) in [4.78, 5) is 2.51. The molecule has 1 saturated heterocycles. The molecule has 0 unspecified atom stereocenters. The van der Waals surface area contributed by atoms with Crippen LogP contribution in [-0.4, -0.2) is 30.1 Å². The standard InChI is InChI=1S/C13H23N3/c14-11-13(15)6-8-16(9-7-13)10-12-4-2-1-3-5-12/h12H,1-10,15H2. The zero-order valence-corrected chi connectivity index (χ0v) is 10.1. The van der Waals surface area contributed by atoms with Crippen LogP contribution in [0.2, 0.25) is 0 Å². The molecule has 3 nitrogen and oxygen atoms in total. The first kappa shape index (κ1) is 11.9. The van der Waals surface area contributed by atoms with Crippen LogP contribution in [-0.2, 0) is 0 Å². The number of piperidine rings is 1. The largest absolute Gasteiger partial charge is 0.313 e.